The quantitative estimate of drug-likeness (QED) is 0.894. The average Bonchev–Trinajstić information content (AvgIpc) is 2.92. The fourth-order valence-corrected chi connectivity index (χ4v) is 1.92. The number of carbonyl (C=O) groups excluding carboxylic acids is 1. The summed E-state index contributed by atoms with van der Waals surface area (Å²) in [4.78, 5) is 23.3. The van der Waals surface area contributed by atoms with Gasteiger partial charge in [0, 0.05) is 5.69 Å². The average molecular weight is 288 g/mol. The first kappa shape index (κ1) is 14.7. The highest BCUT2D eigenvalue weighted by molar-refractivity contribution is 5.95. The van der Waals surface area contributed by atoms with Gasteiger partial charge in [0.05, 0.1) is 6.20 Å². The first-order valence-corrected chi connectivity index (χ1v) is 6.42. The molecule has 1 aromatic heterocycles. The summed E-state index contributed by atoms with van der Waals surface area (Å²) in [5, 5.41) is 19.0. The molecule has 0 aliphatic carbocycles. The van der Waals surface area contributed by atoms with Gasteiger partial charge in [-0.2, -0.15) is 0 Å². The number of carboxylic acid groups (broad SMARTS) is 1. The molecule has 0 aliphatic rings. The van der Waals surface area contributed by atoms with E-state index in [9.17, 15) is 9.59 Å². The zero-order valence-electron chi connectivity index (χ0n) is 12.0. The van der Waals surface area contributed by atoms with E-state index in [1.165, 1.54) is 0 Å². The number of anilines is 1. The minimum Gasteiger partial charge on any atom is -0.476 e. The zero-order chi connectivity index (χ0) is 15.6. The number of benzene rings is 1. The Hall–Kier alpha value is -2.70. The third-order valence-electron chi connectivity index (χ3n) is 3.40. The van der Waals surface area contributed by atoms with E-state index in [4.69, 9.17) is 5.11 Å². The van der Waals surface area contributed by atoms with Gasteiger partial charge in [0.15, 0.2) is 5.69 Å². The summed E-state index contributed by atoms with van der Waals surface area (Å²) in [6.07, 6.45) is 1.12. The number of hydrogen-bond donors (Lipinski definition) is 2. The van der Waals surface area contributed by atoms with Gasteiger partial charge in [-0.3, -0.25) is 4.79 Å². The van der Waals surface area contributed by atoms with Crippen LogP contribution in [0.3, 0.4) is 0 Å². The van der Waals surface area contributed by atoms with Crippen molar-refractivity contribution in [1.29, 1.82) is 0 Å². The Balaban J connectivity index is 2.22. The Labute approximate surface area is 121 Å². The van der Waals surface area contributed by atoms with Crippen LogP contribution < -0.4 is 5.32 Å². The van der Waals surface area contributed by atoms with E-state index in [1.54, 1.807) is 13.0 Å². The molecule has 7 nitrogen and oxygen atoms in total. The molecular formula is C14H16N4O3. The predicted molar refractivity (Wildman–Crippen MR) is 76.2 cm³/mol. The highest BCUT2D eigenvalue weighted by Gasteiger charge is 2.22. The molecule has 0 aliphatic heterocycles. The van der Waals surface area contributed by atoms with Crippen molar-refractivity contribution in [3.8, 4) is 0 Å². The number of hydrogen-bond acceptors (Lipinski definition) is 4. The number of nitrogens with one attached hydrogen (secondary N) is 1. The molecule has 0 saturated heterocycles. The van der Waals surface area contributed by atoms with E-state index in [0.29, 0.717) is 5.69 Å². The second-order valence-electron chi connectivity index (χ2n) is 4.78. The van der Waals surface area contributed by atoms with Gasteiger partial charge in [-0.25, -0.2) is 9.48 Å². The SMILES string of the molecule is Cc1cccc(NC(=O)C(C)n2nncc2C(=O)O)c1C. The fourth-order valence-electron chi connectivity index (χ4n) is 1.92. The molecule has 1 heterocycles. The molecule has 1 amide bonds. The highest BCUT2D eigenvalue weighted by Crippen LogP contribution is 2.19. The summed E-state index contributed by atoms with van der Waals surface area (Å²) in [7, 11) is 0. The number of aryl methyl sites for hydroxylation is 1. The zero-order valence-corrected chi connectivity index (χ0v) is 12.0. The predicted octanol–water partition coefficient (Wildman–Crippen LogP) is 1.79. The van der Waals surface area contributed by atoms with Crippen LogP contribution in [0, 0.1) is 13.8 Å². The lowest BCUT2D eigenvalue weighted by Crippen LogP contribution is -2.27. The number of carboxylic acids is 1. The maximum absolute atomic E-state index is 12.3. The molecule has 0 fully saturated rings. The summed E-state index contributed by atoms with van der Waals surface area (Å²) < 4.78 is 1.09. The minimum atomic E-state index is -1.17. The van der Waals surface area contributed by atoms with Crippen LogP contribution >= 0.6 is 0 Å². The van der Waals surface area contributed by atoms with Crippen molar-refractivity contribution in [3.05, 3.63) is 41.2 Å². The first-order chi connectivity index (χ1) is 9.91. The van der Waals surface area contributed by atoms with Gasteiger partial charge in [0.1, 0.15) is 6.04 Å². The van der Waals surface area contributed by atoms with Crippen LogP contribution in [-0.4, -0.2) is 32.0 Å². The summed E-state index contributed by atoms with van der Waals surface area (Å²) in [5.74, 6) is -1.52. The fraction of sp³-hybridized carbons (Fsp3) is 0.286. The van der Waals surface area contributed by atoms with Crippen molar-refractivity contribution in [2.24, 2.45) is 0 Å². The van der Waals surface area contributed by atoms with Gasteiger partial charge < -0.3 is 10.4 Å². The van der Waals surface area contributed by atoms with Gasteiger partial charge >= 0.3 is 5.97 Å². The molecule has 1 atom stereocenters. The summed E-state index contributed by atoms with van der Waals surface area (Å²) in [5.41, 5.74) is 2.60. The van der Waals surface area contributed by atoms with Crippen LogP contribution in [0.1, 0.15) is 34.6 Å². The lowest BCUT2D eigenvalue weighted by molar-refractivity contribution is -0.119. The molecule has 0 radical (unpaired) electrons. The largest absolute Gasteiger partial charge is 0.476 e. The Morgan fingerprint density at radius 2 is 2.05 bits per heavy atom. The maximum Gasteiger partial charge on any atom is 0.355 e. The number of carbonyl (C=O) groups is 2. The molecule has 0 bridgehead atoms. The molecule has 110 valence electrons. The number of amides is 1. The van der Waals surface area contributed by atoms with Gasteiger partial charge in [0.25, 0.3) is 0 Å². The van der Waals surface area contributed by atoms with E-state index >= 15 is 0 Å². The molecule has 0 saturated carbocycles. The lowest BCUT2D eigenvalue weighted by Gasteiger charge is -2.15. The molecule has 2 N–H and O–H groups in total. The van der Waals surface area contributed by atoms with Crippen molar-refractivity contribution in [1.82, 2.24) is 15.0 Å². The van der Waals surface area contributed by atoms with Crippen LogP contribution in [0.15, 0.2) is 24.4 Å². The van der Waals surface area contributed by atoms with Crippen LogP contribution in [0.25, 0.3) is 0 Å². The van der Waals surface area contributed by atoms with Crippen molar-refractivity contribution >= 4 is 17.6 Å². The van der Waals surface area contributed by atoms with E-state index in [0.717, 1.165) is 22.0 Å². The monoisotopic (exact) mass is 288 g/mol. The molecule has 2 rings (SSSR count). The molecule has 21 heavy (non-hydrogen) atoms. The Morgan fingerprint density at radius 3 is 2.71 bits per heavy atom. The van der Waals surface area contributed by atoms with Crippen molar-refractivity contribution in [2.45, 2.75) is 26.8 Å². The smallest absolute Gasteiger partial charge is 0.355 e. The van der Waals surface area contributed by atoms with Crippen molar-refractivity contribution in [2.75, 3.05) is 5.32 Å². The normalized spacial score (nSPS) is 12.0. The number of aromatic nitrogens is 3. The summed E-state index contributed by atoms with van der Waals surface area (Å²) in [6, 6.07) is 4.82. The number of aromatic carboxylic acids is 1. The van der Waals surface area contributed by atoms with Crippen LogP contribution in [0.5, 0.6) is 0 Å². The van der Waals surface area contributed by atoms with Gasteiger partial charge in [0.2, 0.25) is 5.91 Å². The van der Waals surface area contributed by atoms with Crippen LogP contribution in [0.2, 0.25) is 0 Å². The van der Waals surface area contributed by atoms with Gasteiger partial charge in [-0.05, 0) is 38.0 Å². The third-order valence-corrected chi connectivity index (χ3v) is 3.40. The standard InChI is InChI=1S/C14H16N4O3/c1-8-5-4-6-11(9(8)2)16-13(19)10(3)18-12(14(20)21)7-15-17-18/h4-7,10H,1-3H3,(H,16,19)(H,20,21). The van der Waals surface area contributed by atoms with Crippen LogP contribution in [-0.2, 0) is 4.79 Å². The van der Waals surface area contributed by atoms with E-state index < -0.39 is 12.0 Å². The number of rotatable bonds is 4. The molecule has 7 heteroatoms. The Kier molecular flexibility index (Phi) is 4.02. The first-order valence-electron chi connectivity index (χ1n) is 6.42. The lowest BCUT2D eigenvalue weighted by atomic mass is 10.1. The molecular weight excluding hydrogens is 272 g/mol. The third kappa shape index (κ3) is 2.91. The van der Waals surface area contributed by atoms with E-state index in [-0.39, 0.29) is 11.6 Å². The molecule has 1 unspecified atom stereocenters. The van der Waals surface area contributed by atoms with Crippen molar-refractivity contribution in [3.63, 3.8) is 0 Å². The molecule has 0 spiro atoms. The highest BCUT2D eigenvalue weighted by atomic mass is 16.4. The van der Waals surface area contributed by atoms with E-state index in [1.807, 2.05) is 26.0 Å². The van der Waals surface area contributed by atoms with E-state index in [2.05, 4.69) is 15.6 Å². The topological polar surface area (TPSA) is 97.1 Å². The second kappa shape index (κ2) is 5.74. The molecule has 2 aromatic rings. The number of nitrogens with zero attached hydrogens (tertiary/aromatic N) is 3. The second-order valence-corrected chi connectivity index (χ2v) is 4.78. The summed E-state index contributed by atoms with van der Waals surface area (Å²) in [6.45, 7) is 5.43. The summed E-state index contributed by atoms with van der Waals surface area (Å²) >= 11 is 0. The molecule has 1 aromatic carbocycles. The minimum absolute atomic E-state index is 0.126. The maximum atomic E-state index is 12.3. The Morgan fingerprint density at radius 1 is 1.33 bits per heavy atom. The van der Waals surface area contributed by atoms with Gasteiger partial charge in [-0.15, -0.1) is 5.10 Å². The Bertz CT molecular complexity index is 693. The van der Waals surface area contributed by atoms with Gasteiger partial charge in [-0.1, -0.05) is 17.3 Å². The van der Waals surface area contributed by atoms with Crippen LogP contribution in [0.4, 0.5) is 5.69 Å². The van der Waals surface area contributed by atoms with Crippen molar-refractivity contribution < 1.29 is 14.7 Å².